The Hall–Kier alpha value is -2.41. The number of aryl methyl sites for hydroxylation is 1. The number of carbonyl (C=O) groups is 2. The lowest BCUT2D eigenvalue weighted by atomic mass is 10.1. The fourth-order valence-corrected chi connectivity index (χ4v) is 3.57. The fourth-order valence-electron chi connectivity index (χ4n) is 2.36. The van der Waals surface area contributed by atoms with Crippen molar-refractivity contribution < 1.29 is 14.3 Å². The van der Waals surface area contributed by atoms with Crippen molar-refractivity contribution in [3.05, 3.63) is 69.0 Å². The van der Waals surface area contributed by atoms with Gasteiger partial charge in [0.2, 0.25) is 0 Å². The Labute approximate surface area is 176 Å². The summed E-state index contributed by atoms with van der Waals surface area (Å²) in [7, 11) is 0. The van der Waals surface area contributed by atoms with E-state index >= 15 is 0 Å². The van der Waals surface area contributed by atoms with E-state index in [1.807, 2.05) is 36.6 Å². The molecule has 0 atom stereocenters. The van der Waals surface area contributed by atoms with E-state index in [0.29, 0.717) is 20.7 Å². The Morgan fingerprint density at radius 3 is 2.61 bits per heavy atom. The van der Waals surface area contributed by atoms with Crippen molar-refractivity contribution in [2.24, 2.45) is 0 Å². The van der Waals surface area contributed by atoms with Crippen LogP contribution >= 0.6 is 34.5 Å². The molecule has 0 aliphatic rings. The van der Waals surface area contributed by atoms with E-state index in [-0.39, 0.29) is 6.42 Å². The number of thiazole rings is 1. The van der Waals surface area contributed by atoms with Crippen molar-refractivity contribution >= 4 is 51.5 Å². The van der Waals surface area contributed by atoms with Crippen LogP contribution in [0.4, 0.5) is 5.13 Å². The predicted molar refractivity (Wildman–Crippen MR) is 112 cm³/mol. The summed E-state index contributed by atoms with van der Waals surface area (Å²) in [6.45, 7) is 1.61. The Kier molecular flexibility index (Phi) is 6.67. The van der Waals surface area contributed by atoms with Gasteiger partial charge in [0.25, 0.3) is 5.91 Å². The van der Waals surface area contributed by atoms with Crippen molar-refractivity contribution in [1.29, 1.82) is 0 Å². The summed E-state index contributed by atoms with van der Waals surface area (Å²) >= 11 is 13.2. The molecule has 0 saturated heterocycles. The molecular formula is C20H16Cl2N2O3S. The third-order valence-electron chi connectivity index (χ3n) is 3.81. The van der Waals surface area contributed by atoms with Crippen LogP contribution in [0, 0.1) is 6.92 Å². The molecule has 0 bridgehead atoms. The highest BCUT2D eigenvalue weighted by Gasteiger charge is 2.13. The lowest BCUT2D eigenvalue weighted by Gasteiger charge is -2.06. The van der Waals surface area contributed by atoms with Gasteiger partial charge in [-0.25, -0.2) is 4.98 Å². The maximum atomic E-state index is 12.0. The number of hydrogen-bond acceptors (Lipinski definition) is 5. The molecule has 0 unspecified atom stereocenters. The van der Waals surface area contributed by atoms with Crippen molar-refractivity contribution in [3.8, 4) is 11.3 Å². The summed E-state index contributed by atoms with van der Waals surface area (Å²) in [5.74, 6) is -1.01. The summed E-state index contributed by atoms with van der Waals surface area (Å²) in [4.78, 5) is 28.3. The van der Waals surface area contributed by atoms with Crippen molar-refractivity contribution in [1.82, 2.24) is 4.98 Å². The molecule has 0 aliphatic heterocycles. The lowest BCUT2D eigenvalue weighted by molar-refractivity contribution is -0.146. The van der Waals surface area contributed by atoms with Crippen LogP contribution < -0.4 is 5.32 Å². The van der Waals surface area contributed by atoms with E-state index in [1.165, 1.54) is 11.3 Å². The van der Waals surface area contributed by atoms with Gasteiger partial charge in [0.1, 0.15) is 0 Å². The second kappa shape index (κ2) is 9.19. The first kappa shape index (κ1) is 20.3. The molecule has 0 aliphatic carbocycles. The molecule has 0 fully saturated rings. The van der Waals surface area contributed by atoms with Crippen molar-refractivity contribution in [3.63, 3.8) is 0 Å². The molecule has 1 aromatic heterocycles. The third-order valence-corrected chi connectivity index (χ3v) is 5.16. The van der Waals surface area contributed by atoms with Gasteiger partial charge in [-0.15, -0.1) is 11.3 Å². The van der Waals surface area contributed by atoms with Crippen molar-refractivity contribution in [2.75, 3.05) is 11.9 Å². The van der Waals surface area contributed by atoms with Gasteiger partial charge in [0.05, 0.1) is 12.1 Å². The lowest BCUT2D eigenvalue weighted by Crippen LogP contribution is -2.21. The first-order chi connectivity index (χ1) is 13.4. The minimum atomic E-state index is -0.557. The molecule has 28 heavy (non-hydrogen) atoms. The quantitative estimate of drug-likeness (QED) is 0.544. The van der Waals surface area contributed by atoms with E-state index in [9.17, 15) is 9.59 Å². The van der Waals surface area contributed by atoms with Crippen molar-refractivity contribution in [2.45, 2.75) is 13.3 Å². The van der Waals surface area contributed by atoms with E-state index in [2.05, 4.69) is 10.3 Å². The van der Waals surface area contributed by atoms with Crippen LogP contribution in [0.25, 0.3) is 11.3 Å². The highest BCUT2D eigenvalue weighted by atomic mass is 35.5. The molecule has 5 nitrogen and oxygen atoms in total. The van der Waals surface area contributed by atoms with Crippen LogP contribution in [-0.2, 0) is 20.7 Å². The number of amides is 1. The third kappa shape index (κ3) is 5.55. The van der Waals surface area contributed by atoms with Gasteiger partial charge in [-0.1, -0.05) is 59.1 Å². The number of anilines is 1. The van der Waals surface area contributed by atoms with Gasteiger partial charge >= 0.3 is 5.97 Å². The fraction of sp³-hybridized carbons (Fsp3) is 0.150. The molecule has 0 saturated carbocycles. The second-order valence-corrected chi connectivity index (χ2v) is 7.73. The number of halogens is 2. The molecule has 144 valence electrons. The number of ether oxygens (including phenoxy) is 1. The van der Waals surface area contributed by atoms with Crippen LogP contribution in [0.1, 0.15) is 11.1 Å². The Morgan fingerprint density at radius 1 is 1.14 bits per heavy atom. The zero-order valence-electron chi connectivity index (χ0n) is 14.9. The minimum absolute atomic E-state index is 0.0435. The van der Waals surface area contributed by atoms with Gasteiger partial charge in [0, 0.05) is 21.0 Å². The minimum Gasteiger partial charge on any atom is -0.455 e. The highest BCUT2D eigenvalue weighted by Crippen LogP contribution is 2.25. The average molecular weight is 435 g/mol. The Balaban J connectivity index is 1.50. The maximum Gasteiger partial charge on any atom is 0.310 e. The molecule has 8 heteroatoms. The molecule has 0 spiro atoms. The summed E-state index contributed by atoms with van der Waals surface area (Å²) in [5, 5.41) is 5.78. The van der Waals surface area contributed by atoms with Gasteiger partial charge in [-0.2, -0.15) is 0 Å². The number of nitrogens with one attached hydrogen (secondary N) is 1. The summed E-state index contributed by atoms with van der Waals surface area (Å²) in [5.41, 5.74) is 3.48. The average Bonchev–Trinajstić information content (AvgIpc) is 3.11. The topological polar surface area (TPSA) is 68.3 Å². The zero-order valence-corrected chi connectivity index (χ0v) is 17.2. The van der Waals surface area contributed by atoms with Gasteiger partial charge in [0.15, 0.2) is 11.7 Å². The molecule has 1 amide bonds. The summed E-state index contributed by atoms with van der Waals surface area (Å²) in [6, 6.07) is 12.8. The molecular weight excluding hydrogens is 419 g/mol. The molecule has 0 radical (unpaired) electrons. The van der Waals surface area contributed by atoms with Gasteiger partial charge in [-0.05, 0) is 24.6 Å². The molecule has 1 N–H and O–H groups in total. The van der Waals surface area contributed by atoms with Crippen LogP contribution in [0.2, 0.25) is 10.0 Å². The van der Waals surface area contributed by atoms with Gasteiger partial charge in [-0.3, -0.25) is 14.9 Å². The number of nitrogens with zero attached hydrogens (tertiary/aromatic N) is 1. The van der Waals surface area contributed by atoms with Crippen LogP contribution in [0.15, 0.2) is 47.8 Å². The van der Waals surface area contributed by atoms with Crippen LogP contribution in [-0.4, -0.2) is 23.5 Å². The summed E-state index contributed by atoms with van der Waals surface area (Å²) in [6.07, 6.45) is -0.0435. The number of rotatable bonds is 6. The standard InChI is InChI=1S/C20H16Cl2N2O3S/c1-12-2-4-13(5-3-12)17-11-28-20(23-17)24-18(25)10-27-19(26)8-14-6-7-15(21)9-16(14)22/h2-7,9,11H,8,10H2,1H3,(H,23,24,25). The number of hydrogen-bond donors (Lipinski definition) is 1. The summed E-state index contributed by atoms with van der Waals surface area (Å²) < 4.78 is 5.00. The van der Waals surface area contributed by atoms with Crippen LogP contribution in [0.5, 0.6) is 0 Å². The first-order valence-electron chi connectivity index (χ1n) is 8.32. The number of aromatic nitrogens is 1. The predicted octanol–water partition coefficient (Wildman–Crippen LogP) is 5.15. The normalized spacial score (nSPS) is 10.5. The Bertz CT molecular complexity index is 1000. The number of esters is 1. The monoisotopic (exact) mass is 434 g/mol. The zero-order chi connectivity index (χ0) is 20.1. The second-order valence-electron chi connectivity index (χ2n) is 6.03. The molecule has 2 aromatic carbocycles. The maximum absolute atomic E-state index is 12.0. The van der Waals surface area contributed by atoms with E-state index in [1.54, 1.807) is 18.2 Å². The Morgan fingerprint density at radius 2 is 1.89 bits per heavy atom. The molecule has 1 heterocycles. The SMILES string of the molecule is Cc1ccc(-c2csc(NC(=O)COC(=O)Cc3ccc(Cl)cc3Cl)n2)cc1. The molecule has 3 aromatic rings. The van der Waals surface area contributed by atoms with E-state index in [0.717, 1.165) is 16.8 Å². The smallest absolute Gasteiger partial charge is 0.310 e. The number of benzene rings is 2. The number of carbonyl (C=O) groups excluding carboxylic acids is 2. The van der Waals surface area contributed by atoms with E-state index < -0.39 is 18.5 Å². The van der Waals surface area contributed by atoms with Gasteiger partial charge < -0.3 is 4.74 Å². The van der Waals surface area contributed by atoms with E-state index in [4.69, 9.17) is 27.9 Å². The molecule has 3 rings (SSSR count). The highest BCUT2D eigenvalue weighted by molar-refractivity contribution is 7.14. The van der Waals surface area contributed by atoms with Crippen LogP contribution in [0.3, 0.4) is 0 Å². The largest absolute Gasteiger partial charge is 0.455 e. The first-order valence-corrected chi connectivity index (χ1v) is 9.96.